The average Bonchev–Trinajstić information content (AvgIpc) is 2.43. The van der Waals surface area contributed by atoms with Crippen molar-refractivity contribution in [2.75, 3.05) is 26.2 Å². The number of hydrogen-bond donors (Lipinski definition) is 1. The van der Waals surface area contributed by atoms with Crippen molar-refractivity contribution < 1.29 is 8.42 Å². The summed E-state index contributed by atoms with van der Waals surface area (Å²) < 4.78 is 27.2. The second-order valence-electron chi connectivity index (χ2n) is 5.33. The number of sulfonamides is 1. The zero-order chi connectivity index (χ0) is 15.5. The lowest BCUT2D eigenvalue weighted by Crippen LogP contribution is -2.37. The standard InChI is InChI=1S/C14H20Cl2N2O2S/c1-11-9-14(13(16)10-12(11)15)21(19,20)17-5-8-18-6-3-2-4-7-18/h9-10,17H,2-8H2,1H3. The topological polar surface area (TPSA) is 49.4 Å². The second kappa shape index (κ2) is 7.29. The lowest BCUT2D eigenvalue weighted by atomic mass is 10.1. The second-order valence-corrected chi connectivity index (χ2v) is 7.88. The fourth-order valence-electron chi connectivity index (χ4n) is 2.44. The summed E-state index contributed by atoms with van der Waals surface area (Å²) >= 11 is 11.9. The number of aryl methyl sites for hydroxylation is 1. The Morgan fingerprint density at radius 2 is 1.81 bits per heavy atom. The van der Waals surface area contributed by atoms with Gasteiger partial charge in [0.15, 0.2) is 0 Å². The molecule has 0 saturated carbocycles. The van der Waals surface area contributed by atoms with Crippen LogP contribution in [0.1, 0.15) is 24.8 Å². The molecule has 1 aromatic carbocycles. The first-order chi connectivity index (χ1) is 9.90. The van der Waals surface area contributed by atoms with Crippen LogP contribution in [0.2, 0.25) is 10.0 Å². The van der Waals surface area contributed by atoms with Crippen molar-refractivity contribution in [3.63, 3.8) is 0 Å². The molecular weight excluding hydrogens is 331 g/mol. The van der Waals surface area contributed by atoms with Crippen molar-refractivity contribution in [3.05, 3.63) is 27.7 Å². The van der Waals surface area contributed by atoms with E-state index in [1.165, 1.54) is 31.4 Å². The maximum atomic E-state index is 12.3. The minimum absolute atomic E-state index is 0.0877. The van der Waals surface area contributed by atoms with Crippen LogP contribution in [-0.2, 0) is 10.0 Å². The molecule has 1 saturated heterocycles. The predicted molar refractivity (Wildman–Crippen MR) is 86.7 cm³/mol. The van der Waals surface area contributed by atoms with Gasteiger partial charge in [-0.1, -0.05) is 29.6 Å². The smallest absolute Gasteiger partial charge is 0.242 e. The Morgan fingerprint density at radius 3 is 2.48 bits per heavy atom. The summed E-state index contributed by atoms with van der Waals surface area (Å²) in [7, 11) is -3.60. The number of hydrogen-bond acceptors (Lipinski definition) is 3. The molecule has 4 nitrogen and oxygen atoms in total. The van der Waals surface area contributed by atoms with Gasteiger partial charge in [-0.2, -0.15) is 0 Å². The van der Waals surface area contributed by atoms with Crippen LogP contribution in [0.4, 0.5) is 0 Å². The van der Waals surface area contributed by atoms with Gasteiger partial charge in [-0.25, -0.2) is 13.1 Å². The highest BCUT2D eigenvalue weighted by Gasteiger charge is 2.19. The zero-order valence-corrected chi connectivity index (χ0v) is 14.4. The van der Waals surface area contributed by atoms with Crippen molar-refractivity contribution in [1.82, 2.24) is 9.62 Å². The molecule has 21 heavy (non-hydrogen) atoms. The summed E-state index contributed by atoms with van der Waals surface area (Å²) in [5.41, 5.74) is 0.692. The summed E-state index contributed by atoms with van der Waals surface area (Å²) in [6.07, 6.45) is 3.64. The minimum atomic E-state index is -3.60. The van der Waals surface area contributed by atoms with E-state index in [2.05, 4.69) is 9.62 Å². The average molecular weight is 351 g/mol. The molecule has 0 aliphatic carbocycles. The summed E-state index contributed by atoms with van der Waals surface area (Å²) in [4.78, 5) is 2.37. The molecular formula is C14H20Cl2N2O2S. The molecule has 0 unspecified atom stereocenters. The number of likely N-dealkylation sites (tertiary alicyclic amines) is 1. The Morgan fingerprint density at radius 1 is 1.14 bits per heavy atom. The quantitative estimate of drug-likeness (QED) is 0.887. The Bertz CT molecular complexity index is 599. The third-order valence-corrected chi connectivity index (χ3v) is 6.00. The Labute approximate surface area is 136 Å². The van der Waals surface area contributed by atoms with Crippen LogP contribution in [0.25, 0.3) is 0 Å². The largest absolute Gasteiger partial charge is 0.302 e. The van der Waals surface area contributed by atoms with Crippen LogP contribution >= 0.6 is 23.2 Å². The molecule has 2 rings (SSSR count). The lowest BCUT2D eigenvalue weighted by Gasteiger charge is -2.26. The van der Waals surface area contributed by atoms with Crippen molar-refractivity contribution in [3.8, 4) is 0 Å². The maximum absolute atomic E-state index is 12.3. The van der Waals surface area contributed by atoms with Crippen LogP contribution in [0.3, 0.4) is 0 Å². The number of piperidine rings is 1. The van der Waals surface area contributed by atoms with E-state index in [0.29, 0.717) is 17.1 Å². The first-order valence-corrected chi connectivity index (χ1v) is 9.32. The third-order valence-electron chi connectivity index (χ3n) is 3.67. The van der Waals surface area contributed by atoms with Crippen LogP contribution in [-0.4, -0.2) is 39.5 Å². The Hall–Kier alpha value is -0.330. The molecule has 1 aromatic rings. The Kier molecular flexibility index (Phi) is 5.91. The van der Waals surface area contributed by atoms with E-state index in [1.807, 2.05) is 0 Å². The van der Waals surface area contributed by atoms with Crippen molar-refractivity contribution in [2.24, 2.45) is 0 Å². The van der Waals surface area contributed by atoms with Crippen molar-refractivity contribution in [2.45, 2.75) is 31.1 Å². The van der Waals surface area contributed by atoms with E-state index >= 15 is 0 Å². The third kappa shape index (κ3) is 4.57. The fourth-order valence-corrected chi connectivity index (χ4v) is 4.29. The predicted octanol–water partition coefficient (Wildman–Crippen LogP) is 3.07. The summed E-state index contributed by atoms with van der Waals surface area (Å²) in [5.74, 6) is 0. The molecule has 0 amide bonds. The van der Waals surface area contributed by atoms with Gasteiger partial charge in [-0.3, -0.25) is 0 Å². The van der Waals surface area contributed by atoms with E-state index in [0.717, 1.165) is 19.6 Å². The summed E-state index contributed by atoms with van der Waals surface area (Å²) in [6, 6.07) is 2.98. The van der Waals surface area contributed by atoms with Gasteiger partial charge in [0.05, 0.1) is 5.02 Å². The van der Waals surface area contributed by atoms with Gasteiger partial charge in [0.25, 0.3) is 0 Å². The number of benzene rings is 1. The molecule has 7 heteroatoms. The summed E-state index contributed by atoms with van der Waals surface area (Å²) in [6.45, 7) is 4.96. The number of rotatable bonds is 5. The van der Waals surface area contributed by atoms with Gasteiger partial charge in [0.2, 0.25) is 10.0 Å². The molecule has 0 atom stereocenters. The fraction of sp³-hybridized carbons (Fsp3) is 0.571. The van der Waals surface area contributed by atoms with Crippen molar-refractivity contribution >= 4 is 33.2 Å². The monoisotopic (exact) mass is 350 g/mol. The van der Waals surface area contributed by atoms with E-state index < -0.39 is 10.0 Å². The van der Waals surface area contributed by atoms with Gasteiger partial charge in [0.1, 0.15) is 4.90 Å². The highest BCUT2D eigenvalue weighted by molar-refractivity contribution is 7.89. The van der Waals surface area contributed by atoms with Crippen LogP contribution in [0.5, 0.6) is 0 Å². The molecule has 1 aliphatic heterocycles. The van der Waals surface area contributed by atoms with Crippen LogP contribution in [0, 0.1) is 6.92 Å². The highest BCUT2D eigenvalue weighted by Crippen LogP contribution is 2.27. The molecule has 1 fully saturated rings. The maximum Gasteiger partial charge on any atom is 0.242 e. The molecule has 0 spiro atoms. The van der Waals surface area contributed by atoms with Crippen LogP contribution < -0.4 is 4.72 Å². The molecule has 1 heterocycles. The van der Waals surface area contributed by atoms with Gasteiger partial charge in [-0.05, 0) is 50.6 Å². The SMILES string of the molecule is Cc1cc(S(=O)(=O)NCCN2CCCCC2)c(Cl)cc1Cl. The lowest BCUT2D eigenvalue weighted by molar-refractivity contribution is 0.233. The number of nitrogens with one attached hydrogen (secondary N) is 1. The normalized spacial score (nSPS) is 17.1. The van der Waals surface area contributed by atoms with Gasteiger partial charge in [0, 0.05) is 18.1 Å². The molecule has 0 radical (unpaired) electrons. The first-order valence-electron chi connectivity index (χ1n) is 7.08. The van der Waals surface area contributed by atoms with E-state index in [9.17, 15) is 8.42 Å². The van der Waals surface area contributed by atoms with Gasteiger partial charge < -0.3 is 4.90 Å². The molecule has 0 bridgehead atoms. The number of nitrogens with zero attached hydrogens (tertiary/aromatic N) is 1. The minimum Gasteiger partial charge on any atom is -0.302 e. The summed E-state index contributed by atoms with van der Waals surface area (Å²) in [5, 5.41) is 0.614. The first kappa shape index (κ1) is 17.0. The zero-order valence-electron chi connectivity index (χ0n) is 12.0. The number of halogens is 2. The van der Waals surface area contributed by atoms with Crippen molar-refractivity contribution in [1.29, 1.82) is 0 Å². The molecule has 118 valence electrons. The highest BCUT2D eigenvalue weighted by atomic mass is 35.5. The van der Waals surface area contributed by atoms with Crippen LogP contribution in [0.15, 0.2) is 17.0 Å². The van der Waals surface area contributed by atoms with E-state index in [-0.39, 0.29) is 9.92 Å². The van der Waals surface area contributed by atoms with Gasteiger partial charge >= 0.3 is 0 Å². The molecule has 0 aromatic heterocycles. The molecule has 1 N–H and O–H groups in total. The Balaban J connectivity index is 1.99. The van der Waals surface area contributed by atoms with Gasteiger partial charge in [-0.15, -0.1) is 0 Å². The molecule has 1 aliphatic rings. The van der Waals surface area contributed by atoms with E-state index in [4.69, 9.17) is 23.2 Å². The van der Waals surface area contributed by atoms with E-state index in [1.54, 1.807) is 6.92 Å².